The highest BCUT2D eigenvalue weighted by molar-refractivity contribution is 6.01. The number of hydrogen-bond acceptors (Lipinski definition) is 5. The van der Waals surface area contributed by atoms with Crippen molar-refractivity contribution in [2.45, 2.75) is 38.1 Å². The van der Waals surface area contributed by atoms with Crippen LogP contribution in [-0.4, -0.2) is 66.0 Å². The van der Waals surface area contributed by atoms with Crippen LogP contribution < -0.4 is 10.1 Å². The van der Waals surface area contributed by atoms with Crippen molar-refractivity contribution in [1.82, 2.24) is 20.4 Å². The van der Waals surface area contributed by atoms with Crippen molar-refractivity contribution >= 4 is 23.0 Å². The van der Waals surface area contributed by atoms with Crippen molar-refractivity contribution in [3.63, 3.8) is 0 Å². The van der Waals surface area contributed by atoms with Crippen LogP contribution in [0.1, 0.15) is 41.6 Å². The third-order valence-corrected chi connectivity index (χ3v) is 7.28. The lowest BCUT2D eigenvalue weighted by Crippen LogP contribution is -2.43. The number of aromatic nitrogens is 2. The standard InChI is InChI=1S/C28H31N5O2/c34-28(30-23-3-1-2-13-33(18-23)17-19-8-11-29-12-9-19)22-4-6-25-24(16-22)27(32-31-25)21-5-7-26-20(15-21)10-14-35-26/h4-8,11,15-16,23H,1-3,9-10,12-14,17-18H2,(H,30,34)(H,31,32). The van der Waals surface area contributed by atoms with Crippen molar-refractivity contribution in [2.75, 3.05) is 32.8 Å². The number of hydrogen-bond donors (Lipinski definition) is 2. The Bertz CT molecular complexity index is 1310. The molecular formula is C28H31N5O2. The molecule has 1 amide bonds. The molecule has 3 aliphatic rings. The van der Waals surface area contributed by atoms with Crippen LogP contribution in [0.4, 0.5) is 0 Å². The third kappa shape index (κ3) is 4.73. The van der Waals surface area contributed by atoms with E-state index in [0.717, 1.165) is 86.4 Å². The van der Waals surface area contributed by atoms with Crippen LogP contribution >= 0.6 is 0 Å². The van der Waals surface area contributed by atoms with Gasteiger partial charge in [-0.1, -0.05) is 12.0 Å². The molecule has 7 heteroatoms. The van der Waals surface area contributed by atoms with E-state index in [4.69, 9.17) is 4.74 Å². The fraction of sp³-hybridized carbons (Fsp3) is 0.393. The molecular weight excluding hydrogens is 438 g/mol. The fourth-order valence-corrected chi connectivity index (χ4v) is 5.40. The van der Waals surface area contributed by atoms with E-state index >= 15 is 0 Å². The van der Waals surface area contributed by atoms with Crippen LogP contribution in [-0.2, 0) is 6.42 Å². The van der Waals surface area contributed by atoms with Crippen LogP contribution in [0.15, 0.2) is 53.0 Å². The molecule has 1 fully saturated rings. The first-order valence-corrected chi connectivity index (χ1v) is 12.7. The molecule has 2 N–H and O–H groups in total. The van der Waals surface area contributed by atoms with Gasteiger partial charge in [0.1, 0.15) is 5.75 Å². The van der Waals surface area contributed by atoms with Gasteiger partial charge in [0, 0.05) is 54.8 Å². The first kappa shape index (κ1) is 22.0. The predicted molar refractivity (Wildman–Crippen MR) is 138 cm³/mol. The second-order valence-corrected chi connectivity index (χ2v) is 9.78. The number of carbonyl (C=O) groups is 1. The van der Waals surface area contributed by atoms with E-state index in [1.165, 1.54) is 17.6 Å². The van der Waals surface area contributed by atoms with Gasteiger partial charge in [0.15, 0.2) is 0 Å². The smallest absolute Gasteiger partial charge is 0.251 e. The van der Waals surface area contributed by atoms with Gasteiger partial charge in [-0.05, 0) is 73.8 Å². The summed E-state index contributed by atoms with van der Waals surface area (Å²) in [5.74, 6) is 0.941. The monoisotopic (exact) mass is 469 g/mol. The quantitative estimate of drug-likeness (QED) is 0.588. The minimum absolute atomic E-state index is 0.0164. The normalized spacial score (nSPS) is 20.2. The average molecular weight is 470 g/mol. The van der Waals surface area contributed by atoms with Gasteiger partial charge in [0.05, 0.1) is 17.8 Å². The van der Waals surface area contributed by atoms with E-state index < -0.39 is 0 Å². The number of aliphatic imine (C=N–C) groups is 1. The maximum atomic E-state index is 13.3. The zero-order chi connectivity index (χ0) is 23.6. The number of rotatable bonds is 5. The second-order valence-electron chi connectivity index (χ2n) is 9.78. The molecule has 3 aliphatic heterocycles. The number of amides is 1. The molecule has 0 aliphatic carbocycles. The Morgan fingerprint density at radius 3 is 3.06 bits per heavy atom. The summed E-state index contributed by atoms with van der Waals surface area (Å²) in [6, 6.07) is 12.2. The zero-order valence-electron chi connectivity index (χ0n) is 19.9. The van der Waals surface area contributed by atoms with Crippen molar-refractivity contribution in [1.29, 1.82) is 0 Å². The number of H-pyrrole nitrogens is 1. The summed E-state index contributed by atoms with van der Waals surface area (Å²) in [5.41, 5.74) is 6.16. The van der Waals surface area contributed by atoms with Gasteiger partial charge < -0.3 is 10.1 Å². The van der Waals surface area contributed by atoms with Crippen molar-refractivity contribution in [2.24, 2.45) is 4.99 Å². The van der Waals surface area contributed by atoms with Crippen molar-refractivity contribution in [3.8, 4) is 17.0 Å². The van der Waals surface area contributed by atoms with E-state index in [2.05, 4.69) is 37.5 Å². The maximum Gasteiger partial charge on any atom is 0.251 e. The highest BCUT2D eigenvalue weighted by atomic mass is 16.5. The average Bonchev–Trinajstić information content (AvgIpc) is 3.47. The maximum absolute atomic E-state index is 13.3. The number of aromatic amines is 1. The summed E-state index contributed by atoms with van der Waals surface area (Å²) in [6.07, 6.45) is 9.34. The van der Waals surface area contributed by atoms with Gasteiger partial charge in [0.25, 0.3) is 5.91 Å². The molecule has 6 rings (SSSR count). The number of nitrogens with zero attached hydrogens (tertiary/aromatic N) is 3. The molecule has 0 spiro atoms. The van der Waals surface area contributed by atoms with E-state index in [1.54, 1.807) is 0 Å². The van der Waals surface area contributed by atoms with Crippen LogP contribution in [0, 0.1) is 0 Å². The largest absolute Gasteiger partial charge is 0.493 e. The SMILES string of the molecule is O=C(NC1CCCCN(CC2=CC=NCC2)C1)c1ccc2[nH]nc(-c3ccc4c(c3)CCO4)c2c1. The number of likely N-dealkylation sites (tertiary alicyclic amines) is 1. The highest BCUT2D eigenvalue weighted by Crippen LogP contribution is 2.33. The molecule has 4 heterocycles. The van der Waals surface area contributed by atoms with Gasteiger partial charge in [0.2, 0.25) is 0 Å². The molecule has 2 aromatic carbocycles. The van der Waals surface area contributed by atoms with E-state index in [9.17, 15) is 4.79 Å². The van der Waals surface area contributed by atoms with Gasteiger partial charge >= 0.3 is 0 Å². The molecule has 1 unspecified atom stereocenters. The van der Waals surface area contributed by atoms with Gasteiger partial charge in [-0.15, -0.1) is 0 Å². The Kier molecular flexibility index (Phi) is 6.08. The molecule has 0 radical (unpaired) electrons. The summed E-state index contributed by atoms with van der Waals surface area (Å²) in [7, 11) is 0. The van der Waals surface area contributed by atoms with Crippen LogP contribution in [0.5, 0.6) is 5.75 Å². The number of dihydropyridines is 1. The van der Waals surface area contributed by atoms with E-state index in [1.807, 2.05) is 36.5 Å². The third-order valence-electron chi connectivity index (χ3n) is 7.28. The summed E-state index contributed by atoms with van der Waals surface area (Å²) < 4.78 is 5.65. The minimum Gasteiger partial charge on any atom is -0.493 e. The number of fused-ring (bicyclic) bond motifs is 2. The molecule has 7 nitrogen and oxygen atoms in total. The molecule has 1 atom stereocenters. The lowest BCUT2D eigenvalue weighted by molar-refractivity contribution is 0.0927. The molecule has 1 saturated heterocycles. The summed E-state index contributed by atoms with van der Waals surface area (Å²) in [6.45, 7) is 4.55. The second kappa shape index (κ2) is 9.66. The lowest BCUT2D eigenvalue weighted by Gasteiger charge is -2.26. The zero-order valence-corrected chi connectivity index (χ0v) is 19.9. The molecule has 0 bridgehead atoms. The number of carbonyl (C=O) groups excluding carboxylic acids is 1. The van der Waals surface area contributed by atoms with Gasteiger partial charge in [-0.3, -0.25) is 19.8 Å². The summed E-state index contributed by atoms with van der Waals surface area (Å²) in [5, 5.41) is 12.0. The summed E-state index contributed by atoms with van der Waals surface area (Å²) in [4.78, 5) is 20.1. The fourth-order valence-electron chi connectivity index (χ4n) is 5.40. The molecule has 1 aromatic heterocycles. The predicted octanol–water partition coefficient (Wildman–Crippen LogP) is 4.15. The number of ether oxygens (including phenoxy) is 1. The molecule has 0 saturated carbocycles. The van der Waals surface area contributed by atoms with Gasteiger partial charge in [-0.2, -0.15) is 5.10 Å². The van der Waals surface area contributed by atoms with E-state index in [0.29, 0.717) is 5.56 Å². The minimum atomic E-state index is -0.0164. The number of benzene rings is 2. The topological polar surface area (TPSA) is 82.6 Å². The Morgan fingerprint density at radius 1 is 1.17 bits per heavy atom. The number of allylic oxidation sites excluding steroid dienone is 1. The Balaban J connectivity index is 1.19. The van der Waals surface area contributed by atoms with Crippen LogP contribution in [0.3, 0.4) is 0 Å². The molecule has 35 heavy (non-hydrogen) atoms. The van der Waals surface area contributed by atoms with Crippen molar-refractivity contribution < 1.29 is 9.53 Å². The van der Waals surface area contributed by atoms with Crippen LogP contribution in [0.2, 0.25) is 0 Å². The highest BCUT2D eigenvalue weighted by Gasteiger charge is 2.22. The van der Waals surface area contributed by atoms with E-state index in [-0.39, 0.29) is 11.9 Å². The van der Waals surface area contributed by atoms with Crippen molar-refractivity contribution in [3.05, 3.63) is 59.2 Å². The summed E-state index contributed by atoms with van der Waals surface area (Å²) >= 11 is 0. The first-order chi connectivity index (χ1) is 17.2. The lowest BCUT2D eigenvalue weighted by atomic mass is 10.0. The molecule has 3 aromatic rings. The Labute approximate surface area is 205 Å². The van der Waals surface area contributed by atoms with Crippen LogP contribution in [0.25, 0.3) is 22.2 Å². The Morgan fingerprint density at radius 2 is 2.14 bits per heavy atom. The number of nitrogens with one attached hydrogen (secondary N) is 2. The first-order valence-electron chi connectivity index (χ1n) is 12.7. The Hall–Kier alpha value is -3.45. The molecule has 180 valence electrons. The van der Waals surface area contributed by atoms with Gasteiger partial charge in [-0.25, -0.2) is 0 Å².